The Bertz CT molecular complexity index is 590. The number of aliphatic hydroxyl groups is 1. The second-order valence-corrected chi connectivity index (χ2v) is 5.24. The molecule has 0 fully saturated rings. The first kappa shape index (κ1) is 14.6. The molecule has 0 aliphatic rings. The second kappa shape index (κ2) is 5.68. The fourth-order valence-corrected chi connectivity index (χ4v) is 2.86. The first-order valence-corrected chi connectivity index (χ1v) is 6.96. The van der Waals surface area contributed by atoms with Crippen molar-refractivity contribution in [1.29, 1.82) is 0 Å². The highest BCUT2D eigenvalue weighted by Crippen LogP contribution is 2.40. The number of hydrogen-bond donors (Lipinski definition) is 1. The third-order valence-corrected chi connectivity index (χ3v) is 3.84. The molecule has 1 N–H and O–H groups in total. The standard InChI is InChI=1S/C18H22O2/c1-5-18(19,15-9-7-6-8-10-15)17-14(3)11-13(2)12-16(17)20-4/h6-12,19H,5H2,1-4H3. The molecule has 1 atom stereocenters. The van der Waals surface area contributed by atoms with Crippen molar-refractivity contribution in [3.8, 4) is 5.75 Å². The summed E-state index contributed by atoms with van der Waals surface area (Å²) in [4.78, 5) is 0. The monoisotopic (exact) mass is 270 g/mol. The van der Waals surface area contributed by atoms with Gasteiger partial charge in [-0.3, -0.25) is 0 Å². The molecule has 20 heavy (non-hydrogen) atoms. The molecule has 0 saturated heterocycles. The summed E-state index contributed by atoms with van der Waals surface area (Å²) < 4.78 is 5.52. The summed E-state index contributed by atoms with van der Waals surface area (Å²) >= 11 is 0. The Morgan fingerprint density at radius 1 is 1.10 bits per heavy atom. The number of benzene rings is 2. The lowest BCUT2D eigenvalue weighted by molar-refractivity contribution is 0.0729. The van der Waals surface area contributed by atoms with Gasteiger partial charge in [0.2, 0.25) is 0 Å². The minimum absolute atomic E-state index is 0.595. The molecule has 0 aliphatic carbocycles. The van der Waals surface area contributed by atoms with Crippen LogP contribution in [0, 0.1) is 13.8 Å². The summed E-state index contributed by atoms with van der Waals surface area (Å²) in [5.41, 5.74) is 2.92. The Labute approximate surface area is 121 Å². The molecule has 0 radical (unpaired) electrons. The number of methoxy groups -OCH3 is 1. The Morgan fingerprint density at radius 2 is 1.75 bits per heavy atom. The molecule has 0 amide bonds. The van der Waals surface area contributed by atoms with Gasteiger partial charge >= 0.3 is 0 Å². The smallest absolute Gasteiger partial charge is 0.125 e. The highest BCUT2D eigenvalue weighted by molar-refractivity contribution is 5.50. The maximum absolute atomic E-state index is 11.3. The van der Waals surface area contributed by atoms with E-state index in [9.17, 15) is 5.11 Å². The van der Waals surface area contributed by atoms with Crippen LogP contribution in [-0.2, 0) is 5.60 Å². The van der Waals surface area contributed by atoms with Crippen LogP contribution >= 0.6 is 0 Å². The number of rotatable bonds is 4. The molecule has 0 aliphatic heterocycles. The van der Waals surface area contributed by atoms with Crippen molar-refractivity contribution >= 4 is 0 Å². The van der Waals surface area contributed by atoms with E-state index in [0.717, 1.165) is 28.0 Å². The molecule has 2 aromatic rings. The van der Waals surface area contributed by atoms with Crippen LogP contribution in [0.15, 0.2) is 42.5 Å². The fraction of sp³-hybridized carbons (Fsp3) is 0.333. The van der Waals surface area contributed by atoms with Gasteiger partial charge in [0, 0.05) is 5.56 Å². The molecular weight excluding hydrogens is 248 g/mol. The predicted octanol–water partition coefficient (Wildman–Crippen LogP) is 3.96. The molecule has 2 aromatic carbocycles. The molecule has 0 saturated carbocycles. The van der Waals surface area contributed by atoms with Crippen LogP contribution < -0.4 is 4.74 Å². The third-order valence-electron chi connectivity index (χ3n) is 3.84. The Kier molecular flexibility index (Phi) is 4.15. The Morgan fingerprint density at radius 3 is 2.30 bits per heavy atom. The van der Waals surface area contributed by atoms with E-state index in [4.69, 9.17) is 4.74 Å². The molecule has 1 unspecified atom stereocenters. The van der Waals surface area contributed by atoms with Crippen LogP contribution in [-0.4, -0.2) is 12.2 Å². The van der Waals surface area contributed by atoms with Gasteiger partial charge in [-0.15, -0.1) is 0 Å². The minimum Gasteiger partial charge on any atom is -0.496 e. The quantitative estimate of drug-likeness (QED) is 0.911. The highest BCUT2D eigenvalue weighted by atomic mass is 16.5. The molecular formula is C18H22O2. The van der Waals surface area contributed by atoms with Crippen LogP contribution in [0.5, 0.6) is 5.75 Å². The molecule has 0 heterocycles. The second-order valence-electron chi connectivity index (χ2n) is 5.24. The summed E-state index contributed by atoms with van der Waals surface area (Å²) in [7, 11) is 1.65. The van der Waals surface area contributed by atoms with Gasteiger partial charge in [-0.1, -0.05) is 43.3 Å². The van der Waals surface area contributed by atoms with E-state index < -0.39 is 5.60 Å². The summed E-state index contributed by atoms with van der Waals surface area (Å²) in [6.07, 6.45) is 0.595. The summed E-state index contributed by atoms with van der Waals surface area (Å²) in [5, 5.41) is 11.3. The molecule has 2 heteroatoms. The largest absolute Gasteiger partial charge is 0.496 e. The molecule has 2 nitrogen and oxygen atoms in total. The van der Waals surface area contributed by atoms with Gasteiger partial charge < -0.3 is 9.84 Å². The van der Waals surface area contributed by atoms with E-state index >= 15 is 0 Å². The fourth-order valence-electron chi connectivity index (χ4n) is 2.86. The molecule has 0 aromatic heterocycles. The van der Waals surface area contributed by atoms with Crippen molar-refractivity contribution in [2.45, 2.75) is 32.8 Å². The zero-order valence-corrected chi connectivity index (χ0v) is 12.6. The maximum atomic E-state index is 11.3. The van der Waals surface area contributed by atoms with Gasteiger partial charge in [-0.25, -0.2) is 0 Å². The zero-order chi connectivity index (χ0) is 14.8. The molecule has 0 bridgehead atoms. The van der Waals surface area contributed by atoms with Crippen LogP contribution in [0.1, 0.15) is 35.6 Å². The third kappa shape index (κ3) is 2.44. The average molecular weight is 270 g/mol. The van der Waals surface area contributed by atoms with Gasteiger partial charge in [0.25, 0.3) is 0 Å². The lowest BCUT2D eigenvalue weighted by Crippen LogP contribution is -2.28. The maximum Gasteiger partial charge on any atom is 0.125 e. The first-order chi connectivity index (χ1) is 9.52. The minimum atomic E-state index is -1.02. The Hall–Kier alpha value is -1.80. The van der Waals surface area contributed by atoms with Crippen LogP contribution in [0.25, 0.3) is 0 Å². The normalized spacial score (nSPS) is 13.8. The van der Waals surface area contributed by atoms with Gasteiger partial charge in [-0.2, -0.15) is 0 Å². The number of ether oxygens (including phenoxy) is 1. The number of hydrogen-bond acceptors (Lipinski definition) is 2. The van der Waals surface area contributed by atoms with Crippen molar-refractivity contribution in [3.63, 3.8) is 0 Å². The van der Waals surface area contributed by atoms with Crippen molar-refractivity contribution in [3.05, 3.63) is 64.7 Å². The first-order valence-electron chi connectivity index (χ1n) is 6.96. The van der Waals surface area contributed by atoms with E-state index in [1.54, 1.807) is 7.11 Å². The lowest BCUT2D eigenvalue weighted by Gasteiger charge is -2.31. The molecule has 2 rings (SSSR count). The van der Waals surface area contributed by atoms with Crippen molar-refractivity contribution in [2.75, 3.05) is 7.11 Å². The van der Waals surface area contributed by atoms with Gasteiger partial charge in [-0.05, 0) is 43.0 Å². The van der Waals surface area contributed by atoms with E-state index in [1.807, 2.05) is 57.2 Å². The van der Waals surface area contributed by atoms with E-state index in [0.29, 0.717) is 6.42 Å². The zero-order valence-electron chi connectivity index (χ0n) is 12.6. The van der Waals surface area contributed by atoms with Crippen molar-refractivity contribution in [2.24, 2.45) is 0 Å². The highest BCUT2D eigenvalue weighted by Gasteiger charge is 2.34. The molecule has 106 valence electrons. The summed E-state index contributed by atoms with van der Waals surface area (Å²) in [6, 6.07) is 13.8. The number of aryl methyl sites for hydroxylation is 2. The SMILES string of the molecule is CCC(O)(c1ccccc1)c1c(C)cc(C)cc1OC. The molecule has 0 spiro atoms. The van der Waals surface area contributed by atoms with E-state index in [-0.39, 0.29) is 0 Å². The van der Waals surface area contributed by atoms with Crippen molar-refractivity contribution in [1.82, 2.24) is 0 Å². The lowest BCUT2D eigenvalue weighted by atomic mass is 9.81. The van der Waals surface area contributed by atoms with Gasteiger partial charge in [0.15, 0.2) is 0 Å². The van der Waals surface area contributed by atoms with Crippen LogP contribution in [0.3, 0.4) is 0 Å². The van der Waals surface area contributed by atoms with Gasteiger partial charge in [0.1, 0.15) is 11.4 Å². The van der Waals surface area contributed by atoms with E-state index in [2.05, 4.69) is 6.07 Å². The van der Waals surface area contributed by atoms with Crippen LogP contribution in [0.2, 0.25) is 0 Å². The van der Waals surface area contributed by atoms with Gasteiger partial charge in [0.05, 0.1) is 7.11 Å². The summed E-state index contributed by atoms with van der Waals surface area (Å²) in [6.45, 7) is 6.05. The van der Waals surface area contributed by atoms with Crippen LogP contribution in [0.4, 0.5) is 0 Å². The predicted molar refractivity (Wildman–Crippen MR) is 82.2 cm³/mol. The van der Waals surface area contributed by atoms with E-state index in [1.165, 1.54) is 0 Å². The topological polar surface area (TPSA) is 29.5 Å². The summed E-state index contributed by atoms with van der Waals surface area (Å²) in [5.74, 6) is 0.746. The average Bonchev–Trinajstić information content (AvgIpc) is 2.46. The van der Waals surface area contributed by atoms with Crippen molar-refractivity contribution < 1.29 is 9.84 Å². The Balaban J connectivity index is 2.69.